The number of fused-ring (bicyclic) bond motifs is 1. The third kappa shape index (κ3) is 3.49. The van der Waals surface area contributed by atoms with Crippen LogP contribution in [0, 0.1) is 0 Å². The van der Waals surface area contributed by atoms with E-state index >= 15 is 0 Å². The molecule has 21 heavy (non-hydrogen) atoms. The lowest BCUT2D eigenvalue weighted by Gasteiger charge is -2.25. The monoisotopic (exact) mass is 313 g/mol. The van der Waals surface area contributed by atoms with Crippen molar-refractivity contribution < 1.29 is 17.9 Å². The Labute approximate surface area is 126 Å². The average molecular weight is 313 g/mol. The first-order chi connectivity index (χ1) is 9.74. The molecule has 2 rings (SSSR count). The van der Waals surface area contributed by atoms with Crippen LogP contribution in [0.3, 0.4) is 0 Å². The fourth-order valence-corrected chi connectivity index (χ4v) is 3.37. The molecule has 0 radical (unpaired) electrons. The molecule has 1 N–H and O–H groups in total. The van der Waals surface area contributed by atoms with Crippen molar-refractivity contribution >= 4 is 9.84 Å². The summed E-state index contributed by atoms with van der Waals surface area (Å²) in [7, 11) is -3.22. The molecule has 0 saturated carbocycles. The topological polar surface area (TPSA) is 64.6 Å². The smallest absolute Gasteiger partial charge is 0.231 e. The Morgan fingerprint density at radius 1 is 1.24 bits per heavy atom. The SMILES string of the molecule is CCNC(CS(=O)(=O)C(C)(C)C)c1ccc2c(c1)OCO2. The molecule has 0 aliphatic carbocycles. The van der Waals surface area contributed by atoms with E-state index in [2.05, 4.69) is 5.32 Å². The van der Waals surface area contributed by atoms with Crippen LogP contribution in [0.2, 0.25) is 0 Å². The van der Waals surface area contributed by atoms with Gasteiger partial charge in [-0.25, -0.2) is 8.42 Å². The number of ether oxygens (including phenoxy) is 2. The van der Waals surface area contributed by atoms with Crippen LogP contribution in [-0.2, 0) is 9.84 Å². The Hall–Kier alpha value is -1.27. The Kier molecular flexibility index (Phi) is 4.49. The van der Waals surface area contributed by atoms with Crippen LogP contribution in [0.1, 0.15) is 39.3 Å². The van der Waals surface area contributed by atoms with Crippen molar-refractivity contribution in [3.05, 3.63) is 23.8 Å². The van der Waals surface area contributed by atoms with Gasteiger partial charge in [0.2, 0.25) is 6.79 Å². The van der Waals surface area contributed by atoms with Crippen LogP contribution in [0.4, 0.5) is 0 Å². The van der Waals surface area contributed by atoms with Crippen molar-refractivity contribution in [2.75, 3.05) is 19.1 Å². The molecule has 1 atom stereocenters. The first kappa shape index (κ1) is 16.1. The summed E-state index contributed by atoms with van der Waals surface area (Å²) >= 11 is 0. The normalized spacial score (nSPS) is 16.0. The van der Waals surface area contributed by atoms with Crippen LogP contribution in [0.25, 0.3) is 0 Å². The minimum atomic E-state index is -3.22. The van der Waals surface area contributed by atoms with E-state index in [1.54, 1.807) is 20.8 Å². The van der Waals surface area contributed by atoms with Gasteiger partial charge in [0, 0.05) is 6.04 Å². The fourth-order valence-electron chi connectivity index (χ4n) is 2.12. The fraction of sp³-hybridized carbons (Fsp3) is 0.600. The molecule has 118 valence electrons. The number of hydrogen-bond acceptors (Lipinski definition) is 5. The van der Waals surface area contributed by atoms with Gasteiger partial charge in [-0.05, 0) is 45.0 Å². The van der Waals surface area contributed by atoms with Crippen molar-refractivity contribution in [2.24, 2.45) is 0 Å². The van der Waals surface area contributed by atoms with Gasteiger partial charge in [-0.1, -0.05) is 13.0 Å². The molecular formula is C15H23NO4S. The number of rotatable bonds is 5. The highest BCUT2D eigenvalue weighted by Gasteiger charge is 2.32. The predicted molar refractivity (Wildman–Crippen MR) is 82.5 cm³/mol. The van der Waals surface area contributed by atoms with Crippen LogP contribution >= 0.6 is 0 Å². The summed E-state index contributed by atoms with van der Waals surface area (Å²) in [5, 5.41) is 3.24. The van der Waals surface area contributed by atoms with Gasteiger partial charge in [0.1, 0.15) is 0 Å². The van der Waals surface area contributed by atoms with E-state index in [1.807, 2.05) is 25.1 Å². The summed E-state index contributed by atoms with van der Waals surface area (Å²) in [6.07, 6.45) is 0. The Morgan fingerprint density at radius 2 is 1.90 bits per heavy atom. The highest BCUT2D eigenvalue weighted by molar-refractivity contribution is 7.92. The zero-order valence-electron chi connectivity index (χ0n) is 13.0. The van der Waals surface area contributed by atoms with E-state index in [1.165, 1.54) is 0 Å². The van der Waals surface area contributed by atoms with Gasteiger partial charge in [0.05, 0.1) is 10.5 Å². The van der Waals surface area contributed by atoms with Gasteiger partial charge in [-0.2, -0.15) is 0 Å². The van der Waals surface area contributed by atoms with Crippen LogP contribution < -0.4 is 14.8 Å². The maximum absolute atomic E-state index is 12.4. The number of sulfone groups is 1. The van der Waals surface area contributed by atoms with Crippen molar-refractivity contribution in [1.82, 2.24) is 5.32 Å². The summed E-state index contributed by atoms with van der Waals surface area (Å²) in [5.74, 6) is 1.43. The molecule has 1 aromatic carbocycles. The maximum Gasteiger partial charge on any atom is 0.231 e. The average Bonchev–Trinajstić information content (AvgIpc) is 2.83. The lowest BCUT2D eigenvalue weighted by Crippen LogP contribution is -2.36. The van der Waals surface area contributed by atoms with E-state index in [0.717, 1.165) is 5.56 Å². The van der Waals surface area contributed by atoms with E-state index in [4.69, 9.17) is 9.47 Å². The van der Waals surface area contributed by atoms with E-state index in [9.17, 15) is 8.42 Å². The van der Waals surface area contributed by atoms with Gasteiger partial charge in [0.15, 0.2) is 21.3 Å². The Bertz CT molecular complexity index is 605. The largest absolute Gasteiger partial charge is 0.454 e. The summed E-state index contributed by atoms with van der Waals surface area (Å²) in [6.45, 7) is 8.05. The van der Waals surface area contributed by atoms with E-state index in [0.29, 0.717) is 18.0 Å². The van der Waals surface area contributed by atoms with Crippen molar-refractivity contribution in [3.63, 3.8) is 0 Å². The highest BCUT2D eigenvalue weighted by atomic mass is 32.2. The number of hydrogen-bond donors (Lipinski definition) is 1. The van der Waals surface area contributed by atoms with Crippen LogP contribution in [0.5, 0.6) is 11.5 Å². The standard InChI is InChI=1S/C15H23NO4S/c1-5-16-12(9-21(17,18)15(2,3)4)11-6-7-13-14(8-11)20-10-19-13/h6-8,12,16H,5,9-10H2,1-4H3. The number of benzene rings is 1. The molecule has 0 amide bonds. The van der Waals surface area contributed by atoms with Gasteiger partial charge in [-0.3, -0.25) is 0 Å². The Morgan fingerprint density at radius 3 is 2.52 bits per heavy atom. The van der Waals surface area contributed by atoms with E-state index in [-0.39, 0.29) is 18.6 Å². The zero-order valence-corrected chi connectivity index (χ0v) is 13.8. The van der Waals surface area contributed by atoms with Crippen LogP contribution in [-0.4, -0.2) is 32.3 Å². The molecule has 1 aliphatic heterocycles. The van der Waals surface area contributed by atoms with Crippen molar-refractivity contribution in [2.45, 2.75) is 38.5 Å². The molecule has 0 bridgehead atoms. The maximum atomic E-state index is 12.4. The summed E-state index contributed by atoms with van der Waals surface area (Å²) < 4.78 is 34.8. The second-order valence-electron chi connectivity index (χ2n) is 6.12. The van der Waals surface area contributed by atoms with Crippen LogP contribution in [0.15, 0.2) is 18.2 Å². The molecule has 6 heteroatoms. The van der Waals surface area contributed by atoms with E-state index < -0.39 is 14.6 Å². The lowest BCUT2D eigenvalue weighted by atomic mass is 10.1. The quantitative estimate of drug-likeness (QED) is 0.903. The molecule has 1 aromatic rings. The lowest BCUT2D eigenvalue weighted by molar-refractivity contribution is 0.174. The minimum Gasteiger partial charge on any atom is -0.454 e. The molecule has 0 fully saturated rings. The highest BCUT2D eigenvalue weighted by Crippen LogP contribution is 2.35. The first-order valence-electron chi connectivity index (χ1n) is 7.10. The molecule has 1 heterocycles. The van der Waals surface area contributed by atoms with Gasteiger partial charge < -0.3 is 14.8 Å². The molecule has 5 nitrogen and oxygen atoms in total. The Balaban J connectivity index is 2.27. The second kappa shape index (κ2) is 5.85. The van der Waals surface area contributed by atoms with Gasteiger partial charge in [0.25, 0.3) is 0 Å². The predicted octanol–water partition coefficient (Wildman–Crippen LogP) is 2.28. The third-order valence-corrected chi connectivity index (χ3v) is 6.21. The minimum absolute atomic E-state index is 0.0595. The molecule has 0 aromatic heterocycles. The molecule has 1 aliphatic rings. The first-order valence-corrected chi connectivity index (χ1v) is 8.75. The second-order valence-corrected chi connectivity index (χ2v) is 8.90. The molecule has 0 saturated heterocycles. The van der Waals surface area contributed by atoms with Gasteiger partial charge in [-0.15, -0.1) is 0 Å². The summed E-state index contributed by atoms with van der Waals surface area (Å²) in [6, 6.07) is 5.31. The van der Waals surface area contributed by atoms with Crippen molar-refractivity contribution in [1.29, 1.82) is 0 Å². The van der Waals surface area contributed by atoms with Gasteiger partial charge >= 0.3 is 0 Å². The summed E-state index contributed by atoms with van der Waals surface area (Å²) in [4.78, 5) is 0. The molecular weight excluding hydrogens is 290 g/mol. The molecule has 0 spiro atoms. The summed E-state index contributed by atoms with van der Waals surface area (Å²) in [5.41, 5.74) is 0.897. The third-order valence-electron chi connectivity index (χ3n) is 3.57. The number of nitrogens with one attached hydrogen (secondary N) is 1. The zero-order chi connectivity index (χ0) is 15.7. The molecule has 1 unspecified atom stereocenters. The van der Waals surface area contributed by atoms with Crippen molar-refractivity contribution in [3.8, 4) is 11.5 Å².